The van der Waals surface area contributed by atoms with Crippen LogP contribution in [0.3, 0.4) is 0 Å². The summed E-state index contributed by atoms with van der Waals surface area (Å²) in [6.45, 7) is 4.58. The largest absolute Gasteiger partial charge is 0.393 e. The van der Waals surface area contributed by atoms with Crippen molar-refractivity contribution in [2.75, 3.05) is 0 Å². The molecule has 0 spiro atoms. The fraction of sp³-hybridized carbons (Fsp3) is 0.850. The molecule has 0 radical (unpaired) electrons. The van der Waals surface area contributed by atoms with Crippen LogP contribution in [0.15, 0.2) is 11.6 Å². The number of nitrogens with zero attached hydrogens (tertiary/aromatic N) is 1. The molecular weight excluding hydrogens is 286 g/mol. The Labute approximate surface area is 139 Å². The van der Waals surface area contributed by atoms with Crippen LogP contribution < -0.4 is 0 Å². The van der Waals surface area contributed by atoms with Gasteiger partial charge in [-0.2, -0.15) is 5.26 Å². The quantitative estimate of drug-likeness (QED) is 0.530. The molecular formula is C20H29NO2. The van der Waals surface area contributed by atoms with Crippen molar-refractivity contribution in [3.8, 4) is 6.07 Å². The van der Waals surface area contributed by atoms with Crippen molar-refractivity contribution in [3.05, 3.63) is 11.6 Å². The number of allylic oxidation sites excluding steroid dienone is 1. The molecule has 7 atom stereocenters. The number of hydrogen-bond acceptors (Lipinski definition) is 3. The van der Waals surface area contributed by atoms with E-state index in [0.29, 0.717) is 24.2 Å². The van der Waals surface area contributed by atoms with Gasteiger partial charge in [0.15, 0.2) is 5.60 Å². The number of aliphatic hydroxyl groups is 2. The number of aliphatic hydroxyl groups excluding tert-OH is 1. The van der Waals surface area contributed by atoms with E-state index < -0.39 is 5.60 Å². The van der Waals surface area contributed by atoms with Gasteiger partial charge >= 0.3 is 0 Å². The Balaban J connectivity index is 1.69. The van der Waals surface area contributed by atoms with Gasteiger partial charge in [0.2, 0.25) is 0 Å². The zero-order valence-corrected chi connectivity index (χ0v) is 14.4. The second-order valence-corrected chi connectivity index (χ2v) is 9.12. The van der Waals surface area contributed by atoms with Crippen LogP contribution in [-0.4, -0.2) is 21.9 Å². The van der Waals surface area contributed by atoms with Crippen LogP contribution in [0.5, 0.6) is 0 Å². The van der Waals surface area contributed by atoms with Crippen molar-refractivity contribution in [3.63, 3.8) is 0 Å². The van der Waals surface area contributed by atoms with E-state index in [1.807, 2.05) is 0 Å². The van der Waals surface area contributed by atoms with Crippen molar-refractivity contribution < 1.29 is 10.2 Å². The zero-order valence-electron chi connectivity index (χ0n) is 14.4. The van der Waals surface area contributed by atoms with E-state index >= 15 is 0 Å². The van der Waals surface area contributed by atoms with Gasteiger partial charge in [0.25, 0.3) is 0 Å². The predicted octanol–water partition coefficient (Wildman–Crippen LogP) is 3.56. The lowest BCUT2D eigenvalue weighted by Gasteiger charge is -2.58. The number of nitriles is 1. The molecule has 2 N–H and O–H groups in total. The average Bonchev–Trinajstić information content (AvgIpc) is 2.80. The maximum Gasteiger partial charge on any atom is 0.156 e. The Morgan fingerprint density at radius 2 is 1.87 bits per heavy atom. The van der Waals surface area contributed by atoms with Crippen LogP contribution in [-0.2, 0) is 0 Å². The molecule has 3 heteroatoms. The highest BCUT2D eigenvalue weighted by molar-refractivity contribution is 5.27. The molecule has 4 aliphatic rings. The van der Waals surface area contributed by atoms with Gasteiger partial charge in [-0.25, -0.2) is 0 Å². The molecule has 23 heavy (non-hydrogen) atoms. The Hall–Kier alpha value is -0.850. The van der Waals surface area contributed by atoms with E-state index in [9.17, 15) is 15.5 Å². The van der Waals surface area contributed by atoms with E-state index in [2.05, 4.69) is 26.0 Å². The van der Waals surface area contributed by atoms with Gasteiger partial charge in [-0.3, -0.25) is 0 Å². The predicted molar refractivity (Wildman–Crippen MR) is 88.3 cm³/mol. The smallest absolute Gasteiger partial charge is 0.156 e. The number of hydrogen-bond donors (Lipinski definition) is 2. The molecule has 3 fully saturated rings. The Morgan fingerprint density at radius 3 is 2.61 bits per heavy atom. The molecule has 3 nitrogen and oxygen atoms in total. The Kier molecular flexibility index (Phi) is 3.29. The summed E-state index contributed by atoms with van der Waals surface area (Å²) >= 11 is 0. The normalized spacial score (nSPS) is 55.2. The van der Waals surface area contributed by atoms with E-state index in [4.69, 9.17) is 0 Å². The molecule has 0 amide bonds. The highest BCUT2D eigenvalue weighted by atomic mass is 16.3. The number of fused-ring (bicyclic) bond motifs is 5. The molecule has 0 aromatic heterocycles. The van der Waals surface area contributed by atoms with Crippen molar-refractivity contribution >= 4 is 0 Å². The van der Waals surface area contributed by atoms with Gasteiger partial charge in [-0.05, 0) is 74.5 Å². The molecule has 0 saturated heterocycles. The SMILES string of the molecule is CC12CCC(O)CC1=CCC1C2CCC2(C)C1CCC2(O)C#N. The maximum absolute atomic E-state index is 10.9. The summed E-state index contributed by atoms with van der Waals surface area (Å²) in [4.78, 5) is 0. The fourth-order valence-electron chi connectivity index (χ4n) is 6.84. The van der Waals surface area contributed by atoms with Crippen LogP contribution >= 0.6 is 0 Å². The fourth-order valence-corrected chi connectivity index (χ4v) is 6.84. The van der Waals surface area contributed by atoms with Gasteiger partial charge < -0.3 is 10.2 Å². The molecule has 0 aromatic rings. The third kappa shape index (κ3) is 1.88. The third-order valence-corrected chi connectivity index (χ3v) is 8.41. The van der Waals surface area contributed by atoms with Crippen molar-refractivity contribution in [2.24, 2.45) is 28.6 Å². The molecule has 0 aromatic carbocycles. The molecule has 4 rings (SSSR count). The van der Waals surface area contributed by atoms with Gasteiger partial charge in [-0.1, -0.05) is 25.5 Å². The first-order valence-electron chi connectivity index (χ1n) is 9.35. The molecule has 0 aliphatic heterocycles. The minimum absolute atomic E-state index is 0.158. The van der Waals surface area contributed by atoms with Crippen molar-refractivity contribution in [1.29, 1.82) is 5.26 Å². The molecule has 126 valence electrons. The van der Waals surface area contributed by atoms with Crippen molar-refractivity contribution in [2.45, 2.75) is 76.9 Å². The molecule has 0 heterocycles. The first kappa shape index (κ1) is 15.7. The van der Waals surface area contributed by atoms with Gasteiger partial charge in [0.05, 0.1) is 12.2 Å². The van der Waals surface area contributed by atoms with Gasteiger partial charge in [0, 0.05) is 5.41 Å². The summed E-state index contributed by atoms with van der Waals surface area (Å²) in [7, 11) is 0. The monoisotopic (exact) mass is 315 g/mol. The lowest BCUT2D eigenvalue weighted by Crippen LogP contribution is -2.54. The second-order valence-electron chi connectivity index (χ2n) is 9.12. The van der Waals surface area contributed by atoms with E-state index in [0.717, 1.165) is 44.9 Å². The van der Waals surface area contributed by atoms with Crippen molar-refractivity contribution in [1.82, 2.24) is 0 Å². The highest BCUT2D eigenvalue weighted by Crippen LogP contribution is 2.66. The third-order valence-electron chi connectivity index (χ3n) is 8.41. The molecule has 4 aliphatic carbocycles. The molecule has 0 bridgehead atoms. The van der Waals surface area contributed by atoms with E-state index in [1.54, 1.807) is 0 Å². The van der Waals surface area contributed by atoms with E-state index in [-0.39, 0.29) is 16.9 Å². The van der Waals surface area contributed by atoms with Crippen LogP contribution in [0.1, 0.15) is 65.2 Å². The first-order chi connectivity index (χ1) is 10.8. The van der Waals surface area contributed by atoms with Crippen LogP contribution in [0.4, 0.5) is 0 Å². The average molecular weight is 315 g/mol. The summed E-state index contributed by atoms with van der Waals surface area (Å²) < 4.78 is 0. The Morgan fingerprint density at radius 1 is 1.13 bits per heavy atom. The summed E-state index contributed by atoms with van der Waals surface area (Å²) in [5.74, 6) is 1.72. The lowest BCUT2D eigenvalue weighted by molar-refractivity contribution is -0.0978. The summed E-state index contributed by atoms with van der Waals surface area (Å²) in [6, 6.07) is 2.25. The van der Waals surface area contributed by atoms with Crippen LogP contribution in [0, 0.1) is 39.9 Å². The van der Waals surface area contributed by atoms with Gasteiger partial charge in [-0.15, -0.1) is 0 Å². The van der Waals surface area contributed by atoms with Crippen LogP contribution in [0.25, 0.3) is 0 Å². The minimum atomic E-state index is -1.13. The standard InChI is InChI=1S/C20H29NO2/c1-18-8-5-14(22)11-13(18)3-4-15-16(18)6-9-19(2)17(15)7-10-20(19,23)12-21/h3,14-17,22-23H,4-11H2,1-2H3. The Bertz CT molecular complexity index is 593. The topological polar surface area (TPSA) is 64.2 Å². The molecule has 7 unspecified atom stereocenters. The summed E-state index contributed by atoms with van der Waals surface area (Å²) in [5.41, 5.74) is 0.348. The maximum atomic E-state index is 10.9. The highest BCUT2D eigenvalue weighted by Gasteiger charge is 2.64. The summed E-state index contributed by atoms with van der Waals surface area (Å²) in [5, 5.41) is 30.5. The summed E-state index contributed by atoms with van der Waals surface area (Å²) in [6.07, 6.45) is 9.89. The van der Waals surface area contributed by atoms with Gasteiger partial charge in [0.1, 0.15) is 0 Å². The zero-order chi connectivity index (χ0) is 16.5. The number of rotatable bonds is 0. The first-order valence-corrected chi connectivity index (χ1v) is 9.35. The minimum Gasteiger partial charge on any atom is -0.393 e. The van der Waals surface area contributed by atoms with E-state index in [1.165, 1.54) is 5.57 Å². The lowest BCUT2D eigenvalue weighted by atomic mass is 9.47. The second kappa shape index (κ2) is 4.83. The van der Waals surface area contributed by atoms with Crippen LogP contribution in [0.2, 0.25) is 0 Å². The molecule has 3 saturated carbocycles.